The minimum atomic E-state index is -0.196. The van der Waals surface area contributed by atoms with Gasteiger partial charge in [0.1, 0.15) is 5.75 Å². The van der Waals surface area contributed by atoms with Crippen LogP contribution in [0.25, 0.3) is 0 Å². The van der Waals surface area contributed by atoms with E-state index in [1.807, 2.05) is 13.8 Å². The van der Waals surface area contributed by atoms with E-state index in [4.69, 9.17) is 16.3 Å². The second-order valence-electron chi connectivity index (χ2n) is 3.75. The number of likely N-dealkylation sites (N-methyl/N-ethyl adjacent to an activating group) is 1. The van der Waals surface area contributed by atoms with Crippen molar-refractivity contribution in [3.05, 3.63) is 28.8 Å². The Morgan fingerprint density at radius 3 is 2.78 bits per heavy atom. The number of nitrogens with zero attached hydrogens (tertiary/aromatic N) is 1. The van der Waals surface area contributed by atoms with E-state index in [0.29, 0.717) is 36.9 Å². The normalized spacial score (nSPS) is 10.4. The molecule has 0 heterocycles. The summed E-state index contributed by atoms with van der Waals surface area (Å²) in [4.78, 5) is 13.9. The molecule has 0 radical (unpaired) electrons. The van der Waals surface area contributed by atoms with E-state index in [2.05, 4.69) is 0 Å². The van der Waals surface area contributed by atoms with E-state index in [9.17, 15) is 9.90 Å². The first-order valence-corrected chi connectivity index (χ1v) is 6.33. The number of rotatable bonds is 6. The number of ether oxygens (including phenoxy) is 1. The third-order valence-corrected chi connectivity index (χ3v) is 2.89. The molecule has 0 unspecified atom stereocenters. The van der Waals surface area contributed by atoms with Crippen LogP contribution in [0.5, 0.6) is 5.75 Å². The highest BCUT2D eigenvalue weighted by Gasteiger charge is 2.17. The fourth-order valence-corrected chi connectivity index (χ4v) is 1.77. The van der Waals surface area contributed by atoms with Gasteiger partial charge in [0.05, 0.1) is 17.2 Å². The van der Waals surface area contributed by atoms with Crippen LogP contribution in [0.2, 0.25) is 5.02 Å². The molecule has 1 aromatic carbocycles. The highest BCUT2D eigenvalue weighted by atomic mass is 35.5. The third kappa shape index (κ3) is 3.89. The van der Waals surface area contributed by atoms with Crippen LogP contribution in [-0.2, 0) is 4.74 Å². The summed E-state index contributed by atoms with van der Waals surface area (Å²) in [5.41, 5.74) is 0.315. The first kappa shape index (κ1) is 14.8. The smallest absolute Gasteiger partial charge is 0.255 e. The highest BCUT2D eigenvalue weighted by Crippen LogP contribution is 2.22. The molecule has 0 atom stereocenters. The predicted molar refractivity (Wildman–Crippen MR) is 71.2 cm³/mol. The van der Waals surface area contributed by atoms with Gasteiger partial charge < -0.3 is 14.7 Å². The Bertz CT molecular complexity index is 409. The summed E-state index contributed by atoms with van der Waals surface area (Å²) >= 11 is 5.96. The second kappa shape index (κ2) is 7.24. The quantitative estimate of drug-likeness (QED) is 0.809. The van der Waals surface area contributed by atoms with Crippen molar-refractivity contribution in [2.24, 2.45) is 0 Å². The lowest BCUT2D eigenvalue weighted by Gasteiger charge is -2.21. The Kier molecular flexibility index (Phi) is 5.95. The molecular formula is C13H18ClNO3. The van der Waals surface area contributed by atoms with Gasteiger partial charge in [0.15, 0.2) is 0 Å². The first-order valence-electron chi connectivity index (χ1n) is 5.95. The molecule has 1 amide bonds. The zero-order valence-electron chi connectivity index (χ0n) is 10.6. The number of hydrogen-bond acceptors (Lipinski definition) is 3. The maximum absolute atomic E-state index is 12.2. The minimum absolute atomic E-state index is 0.0311. The van der Waals surface area contributed by atoms with Gasteiger partial charge in [-0.15, -0.1) is 0 Å². The van der Waals surface area contributed by atoms with Gasteiger partial charge in [0.2, 0.25) is 0 Å². The van der Waals surface area contributed by atoms with Crippen molar-refractivity contribution >= 4 is 17.5 Å². The molecule has 0 saturated carbocycles. The van der Waals surface area contributed by atoms with Crippen molar-refractivity contribution in [3.8, 4) is 5.75 Å². The predicted octanol–water partition coefficient (Wildman–Crippen LogP) is 2.54. The summed E-state index contributed by atoms with van der Waals surface area (Å²) in [5.74, 6) is -0.165. The van der Waals surface area contributed by atoms with Crippen LogP contribution in [0.3, 0.4) is 0 Å². The fraction of sp³-hybridized carbons (Fsp3) is 0.462. The van der Waals surface area contributed by atoms with Crippen LogP contribution in [0.15, 0.2) is 18.2 Å². The van der Waals surface area contributed by atoms with Crippen LogP contribution >= 0.6 is 11.6 Å². The van der Waals surface area contributed by atoms with Crippen molar-refractivity contribution in [1.29, 1.82) is 0 Å². The zero-order valence-corrected chi connectivity index (χ0v) is 11.4. The number of halogens is 1. The SMILES string of the molecule is CCOCCN(CC)C(=O)c1cc(O)ccc1Cl. The van der Waals surface area contributed by atoms with Gasteiger partial charge >= 0.3 is 0 Å². The summed E-state index contributed by atoms with van der Waals surface area (Å²) in [6.07, 6.45) is 0. The van der Waals surface area contributed by atoms with Gasteiger partial charge in [-0.2, -0.15) is 0 Å². The Hall–Kier alpha value is -1.26. The lowest BCUT2D eigenvalue weighted by molar-refractivity contribution is 0.0669. The Labute approximate surface area is 112 Å². The van der Waals surface area contributed by atoms with Gasteiger partial charge in [-0.1, -0.05) is 11.6 Å². The molecular weight excluding hydrogens is 254 g/mol. The molecule has 0 aromatic heterocycles. The highest BCUT2D eigenvalue weighted by molar-refractivity contribution is 6.33. The number of carbonyl (C=O) groups excluding carboxylic acids is 1. The first-order chi connectivity index (χ1) is 8.60. The van der Waals surface area contributed by atoms with Gasteiger partial charge in [0.25, 0.3) is 5.91 Å². The van der Waals surface area contributed by atoms with Crippen molar-refractivity contribution in [1.82, 2.24) is 4.90 Å². The Morgan fingerprint density at radius 2 is 2.17 bits per heavy atom. The maximum atomic E-state index is 12.2. The van der Waals surface area contributed by atoms with Crippen molar-refractivity contribution in [2.45, 2.75) is 13.8 Å². The van der Waals surface area contributed by atoms with E-state index in [0.717, 1.165) is 0 Å². The molecule has 0 saturated heterocycles. The molecule has 1 aromatic rings. The van der Waals surface area contributed by atoms with Gasteiger partial charge in [-0.3, -0.25) is 4.79 Å². The Morgan fingerprint density at radius 1 is 1.44 bits per heavy atom. The van der Waals surface area contributed by atoms with Crippen LogP contribution < -0.4 is 0 Å². The second-order valence-corrected chi connectivity index (χ2v) is 4.15. The van der Waals surface area contributed by atoms with E-state index >= 15 is 0 Å². The molecule has 0 spiro atoms. The topological polar surface area (TPSA) is 49.8 Å². The summed E-state index contributed by atoms with van der Waals surface area (Å²) in [5, 5.41) is 9.74. The van der Waals surface area contributed by atoms with E-state index in [1.165, 1.54) is 18.2 Å². The van der Waals surface area contributed by atoms with Crippen LogP contribution in [0, 0.1) is 0 Å². The summed E-state index contributed by atoms with van der Waals surface area (Å²) in [6.45, 7) is 5.99. The molecule has 1 rings (SSSR count). The van der Waals surface area contributed by atoms with Gasteiger partial charge in [-0.25, -0.2) is 0 Å². The number of hydrogen-bond donors (Lipinski definition) is 1. The lowest BCUT2D eigenvalue weighted by atomic mass is 10.2. The summed E-state index contributed by atoms with van der Waals surface area (Å²) in [7, 11) is 0. The number of aromatic hydroxyl groups is 1. The van der Waals surface area contributed by atoms with E-state index in [-0.39, 0.29) is 11.7 Å². The maximum Gasteiger partial charge on any atom is 0.255 e. The summed E-state index contributed by atoms with van der Waals surface area (Å²) < 4.78 is 5.23. The van der Waals surface area contributed by atoms with Crippen LogP contribution in [0.4, 0.5) is 0 Å². The molecule has 18 heavy (non-hydrogen) atoms. The number of phenols is 1. The standard InChI is InChI=1S/C13H18ClNO3/c1-3-15(7-8-18-4-2)13(17)11-9-10(16)5-6-12(11)14/h5-6,9,16H,3-4,7-8H2,1-2H3. The fourth-order valence-electron chi connectivity index (χ4n) is 1.57. The average Bonchev–Trinajstić information content (AvgIpc) is 2.37. The Balaban J connectivity index is 2.79. The van der Waals surface area contributed by atoms with Gasteiger partial charge in [0, 0.05) is 19.7 Å². The third-order valence-electron chi connectivity index (χ3n) is 2.56. The number of phenolic OH excluding ortho intramolecular Hbond substituents is 1. The lowest BCUT2D eigenvalue weighted by Crippen LogP contribution is -2.34. The van der Waals surface area contributed by atoms with Crippen molar-refractivity contribution in [2.75, 3.05) is 26.3 Å². The molecule has 4 nitrogen and oxygen atoms in total. The van der Waals surface area contributed by atoms with Gasteiger partial charge in [-0.05, 0) is 32.0 Å². The van der Waals surface area contributed by atoms with E-state index < -0.39 is 0 Å². The van der Waals surface area contributed by atoms with Crippen LogP contribution in [-0.4, -0.2) is 42.2 Å². The zero-order chi connectivity index (χ0) is 13.5. The average molecular weight is 272 g/mol. The molecule has 0 aliphatic heterocycles. The van der Waals surface area contributed by atoms with E-state index in [1.54, 1.807) is 4.90 Å². The van der Waals surface area contributed by atoms with Crippen molar-refractivity contribution in [3.63, 3.8) is 0 Å². The minimum Gasteiger partial charge on any atom is -0.508 e. The number of carbonyl (C=O) groups is 1. The van der Waals surface area contributed by atoms with Crippen molar-refractivity contribution < 1.29 is 14.6 Å². The largest absolute Gasteiger partial charge is 0.508 e. The number of benzene rings is 1. The number of amides is 1. The molecule has 0 fully saturated rings. The molecule has 100 valence electrons. The molecule has 0 aliphatic rings. The molecule has 0 bridgehead atoms. The van der Waals surface area contributed by atoms with Crippen LogP contribution in [0.1, 0.15) is 24.2 Å². The molecule has 5 heteroatoms. The monoisotopic (exact) mass is 271 g/mol. The molecule has 0 aliphatic carbocycles. The summed E-state index contributed by atoms with van der Waals surface area (Å²) in [6, 6.07) is 4.35. The molecule has 1 N–H and O–H groups in total.